The summed E-state index contributed by atoms with van der Waals surface area (Å²) in [5.41, 5.74) is 8.49. The van der Waals surface area contributed by atoms with Gasteiger partial charge in [-0.15, -0.1) is 0 Å². The second-order valence-electron chi connectivity index (χ2n) is 7.60. The Bertz CT molecular complexity index is 1510. The van der Waals surface area contributed by atoms with Gasteiger partial charge in [0.05, 0.1) is 18.2 Å². The van der Waals surface area contributed by atoms with E-state index in [1.165, 1.54) is 7.11 Å². The number of methoxy groups -OCH3 is 1. The number of nitrogens with two attached hydrogens (primary N) is 1. The van der Waals surface area contributed by atoms with E-state index in [-0.39, 0.29) is 12.0 Å². The van der Waals surface area contributed by atoms with Gasteiger partial charge in [0.1, 0.15) is 17.4 Å². The first kappa shape index (κ1) is 26.2. The summed E-state index contributed by atoms with van der Waals surface area (Å²) in [4.78, 5) is 37.7. The average molecular weight is 506 g/mol. The molecule has 0 spiro atoms. The maximum absolute atomic E-state index is 13.2. The second kappa shape index (κ2) is 10.1. The van der Waals surface area contributed by atoms with Crippen LogP contribution in [0.1, 0.15) is 5.69 Å². The largest absolute Gasteiger partial charge is 0.495 e. The minimum Gasteiger partial charge on any atom is -0.495 e. The Kier molecular flexibility index (Phi) is 7.34. The highest BCUT2D eigenvalue weighted by atomic mass is 19.4. The van der Waals surface area contributed by atoms with Crippen LogP contribution in [0.15, 0.2) is 53.6 Å². The number of halogens is 3. The van der Waals surface area contributed by atoms with E-state index in [1.54, 1.807) is 40.5 Å². The SMILES string of the molecule is COc1c(-c2ccc(C[C@H](N)C(=O)O)n3ccnc23)c(=O)n(C)c2ccccc12.O=C(O)C(F)(F)F. The molecular weight excluding hydrogens is 485 g/mol. The molecule has 0 aliphatic rings. The van der Waals surface area contributed by atoms with Gasteiger partial charge in [-0.3, -0.25) is 9.59 Å². The normalized spacial score (nSPS) is 12.2. The minimum absolute atomic E-state index is 0.134. The Morgan fingerprint density at radius 2 is 1.81 bits per heavy atom. The van der Waals surface area contributed by atoms with Crippen LogP contribution in [0.4, 0.5) is 13.2 Å². The molecule has 0 unspecified atom stereocenters. The van der Waals surface area contributed by atoms with Gasteiger partial charge in [-0.05, 0) is 24.3 Å². The summed E-state index contributed by atoms with van der Waals surface area (Å²) in [6.45, 7) is 0. The van der Waals surface area contributed by atoms with Gasteiger partial charge in [-0.2, -0.15) is 13.2 Å². The number of ether oxygens (including phenoxy) is 1. The lowest BCUT2D eigenvalue weighted by molar-refractivity contribution is -0.192. The number of carboxylic acid groups (broad SMARTS) is 2. The predicted molar refractivity (Wildman–Crippen MR) is 123 cm³/mol. The number of alkyl halides is 3. The summed E-state index contributed by atoms with van der Waals surface area (Å²) < 4.78 is 40.7. The van der Waals surface area contributed by atoms with E-state index in [0.29, 0.717) is 28.2 Å². The average Bonchev–Trinajstić information content (AvgIpc) is 3.32. The first-order valence-electron chi connectivity index (χ1n) is 10.3. The van der Waals surface area contributed by atoms with E-state index in [9.17, 15) is 22.8 Å². The van der Waals surface area contributed by atoms with Crippen LogP contribution in [0.5, 0.6) is 5.75 Å². The number of carboxylic acids is 2. The van der Waals surface area contributed by atoms with Crippen molar-refractivity contribution >= 4 is 28.5 Å². The number of hydrogen-bond donors (Lipinski definition) is 3. The van der Waals surface area contributed by atoms with E-state index in [2.05, 4.69) is 4.98 Å². The van der Waals surface area contributed by atoms with Crippen molar-refractivity contribution in [3.8, 4) is 16.9 Å². The summed E-state index contributed by atoms with van der Waals surface area (Å²) in [5.74, 6) is -3.36. The van der Waals surface area contributed by atoms with Crippen molar-refractivity contribution in [3.63, 3.8) is 0 Å². The van der Waals surface area contributed by atoms with Crippen LogP contribution >= 0.6 is 0 Å². The van der Waals surface area contributed by atoms with Gasteiger partial charge in [-0.1, -0.05) is 12.1 Å². The Hall–Kier alpha value is -4.39. The van der Waals surface area contributed by atoms with Gasteiger partial charge >= 0.3 is 18.1 Å². The monoisotopic (exact) mass is 506 g/mol. The van der Waals surface area contributed by atoms with E-state index in [1.807, 2.05) is 24.3 Å². The lowest BCUT2D eigenvalue weighted by atomic mass is 10.0. The Morgan fingerprint density at radius 3 is 2.39 bits per heavy atom. The maximum Gasteiger partial charge on any atom is 0.490 e. The number of benzene rings is 1. The highest BCUT2D eigenvalue weighted by Gasteiger charge is 2.38. The first-order chi connectivity index (χ1) is 16.9. The fraction of sp³-hybridized carbons (Fsp3) is 0.217. The lowest BCUT2D eigenvalue weighted by Crippen LogP contribution is -2.32. The standard InChI is InChI=1S/C21H20N4O4.C2HF3O2/c1-24-16-6-4-3-5-13(16)18(29-2)17(20(24)26)14-8-7-12(11-15(22)21(27)28)25-10-9-23-19(14)25;3-2(4,5)1(6)7/h3-10,15H,11,22H2,1-2H3,(H,27,28);(H,6,7)/t15-;/m0./s1. The molecule has 0 radical (unpaired) electrons. The molecule has 0 fully saturated rings. The van der Waals surface area contributed by atoms with E-state index in [0.717, 1.165) is 10.9 Å². The summed E-state index contributed by atoms with van der Waals surface area (Å²) >= 11 is 0. The zero-order valence-corrected chi connectivity index (χ0v) is 19.0. The topological polar surface area (TPSA) is 149 Å². The van der Waals surface area contributed by atoms with Crippen LogP contribution in [-0.4, -0.2) is 55.4 Å². The molecule has 3 aromatic heterocycles. The molecule has 0 saturated carbocycles. The molecule has 0 aliphatic heterocycles. The zero-order chi connectivity index (χ0) is 26.8. The molecule has 4 aromatic rings. The third-order valence-electron chi connectivity index (χ3n) is 5.35. The van der Waals surface area contributed by atoms with Crippen LogP contribution < -0.4 is 16.0 Å². The molecule has 10 nitrogen and oxygen atoms in total. The summed E-state index contributed by atoms with van der Waals surface area (Å²) in [5, 5.41) is 17.1. The molecule has 4 N–H and O–H groups in total. The fourth-order valence-electron chi connectivity index (χ4n) is 3.66. The number of para-hydroxylation sites is 1. The van der Waals surface area contributed by atoms with Crippen molar-refractivity contribution in [1.82, 2.24) is 14.0 Å². The minimum atomic E-state index is -5.08. The van der Waals surface area contributed by atoms with Gasteiger partial charge in [-0.25, -0.2) is 9.78 Å². The molecule has 3 heterocycles. The first-order valence-corrected chi connectivity index (χ1v) is 10.3. The van der Waals surface area contributed by atoms with E-state index < -0.39 is 24.2 Å². The van der Waals surface area contributed by atoms with Crippen LogP contribution in [0.2, 0.25) is 0 Å². The third-order valence-corrected chi connectivity index (χ3v) is 5.35. The quantitative estimate of drug-likeness (QED) is 0.374. The molecule has 1 aromatic carbocycles. The zero-order valence-electron chi connectivity index (χ0n) is 19.0. The van der Waals surface area contributed by atoms with Crippen LogP contribution in [-0.2, 0) is 23.1 Å². The van der Waals surface area contributed by atoms with Gasteiger partial charge in [0.2, 0.25) is 0 Å². The number of rotatable bonds is 5. The predicted octanol–water partition coefficient (Wildman–Crippen LogP) is 2.45. The fourth-order valence-corrected chi connectivity index (χ4v) is 3.66. The number of pyridine rings is 2. The van der Waals surface area contributed by atoms with E-state index in [4.69, 9.17) is 25.5 Å². The van der Waals surface area contributed by atoms with Gasteiger partial charge < -0.3 is 29.7 Å². The van der Waals surface area contributed by atoms with Gasteiger partial charge in [0.15, 0.2) is 0 Å². The van der Waals surface area contributed by atoms with Crippen LogP contribution in [0.3, 0.4) is 0 Å². The molecule has 4 rings (SSSR count). The van der Waals surface area contributed by atoms with Crippen molar-refractivity contribution in [2.24, 2.45) is 12.8 Å². The molecule has 0 aliphatic carbocycles. The van der Waals surface area contributed by atoms with Crippen molar-refractivity contribution in [2.45, 2.75) is 18.6 Å². The van der Waals surface area contributed by atoms with Crippen molar-refractivity contribution in [1.29, 1.82) is 0 Å². The number of aryl methyl sites for hydroxylation is 1. The highest BCUT2D eigenvalue weighted by molar-refractivity contribution is 5.95. The molecule has 0 bridgehead atoms. The Morgan fingerprint density at radius 1 is 1.17 bits per heavy atom. The number of fused-ring (bicyclic) bond motifs is 2. The van der Waals surface area contributed by atoms with Gasteiger partial charge in [0, 0.05) is 42.5 Å². The van der Waals surface area contributed by atoms with Crippen LogP contribution in [0, 0.1) is 0 Å². The Balaban J connectivity index is 0.000000454. The smallest absolute Gasteiger partial charge is 0.490 e. The number of aromatic nitrogens is 3. The summed E-state index contributed by atoms with van der Waals surface area (Å²) in [7, 11) is 3.25. The number of imidazole rings is 1. The van der Waals surface area contributed by atoms with Crippen molar-refractivity contribution in [3.05, 3.63) is 64.8 Å². The lowest BCUT2D eigenvalue weighted by Gasteiger charge is -2.16. The summed E-state index contributed by atoms with van der Waals surface area (Å²) in [6.07, 6.45) is -1.62. The molecule has 0 amide bonds. The number of carbonyl (C=O) groups is 2. The molecular formula is C23H21F3N4O6. The number of hydrogen-bond acceptors (Lipinski definition) is 6. The molecule has 13 heteroatoms. The molecule has 190 valence electrons. The van der Waals surface area contributed by atoms with Gasteiger partial charge in [0.25, 0.3) is 5.56 Å². The van der Waals surface area contributed by atoms with Crippen LogP contribution in [0.25, 0.3) is 27.7 Å². The van der Waals surface area contributed by atoms with Crippen molar-refractivity contribution in [2.75, 3.05) is 7.11 Å². The Labute approximate surface area is 201 Å². The highest BCUT2D eigenvalue weighted by Crippen LogP contribution is 2.35. The second-order valence-corrected chi connectivity index (χ2v) is 7.60. The molecule has 1 atom stereocenters. The number of nitrogens with zero attached hydrogens (tertiary/aromatic N) is 3. The number of aliphatic carboxylic acids is 2. The molecule has 36 heavy (non-hydrogen) atoms. The van der Waals surface area contributed by atoms with Crippen molar-refractivity contribution < 1.29 is 37.7 Å². The third kappa shape index (κ3) is 5.00. The molecule has 0 saturated heterocycles. The van der Waals surface area contributed by atoms with E-state index >= 15 is 0 Å². The summed E-state index contributed by atoms with van der Waals surface area (Å²) in [6, 6.07) is 10.0. The maximum atomic E-state index is 13.2.